The quantitative estimate of drug-likeness (QED) is 0.116. The Kier molecular flexibility index (Phi) is 10.3. The van der Waals surface area contributed by atoms with E-state index in [0.29, 0.717) is 0 Å². The predicted molar refractivity (Wildman–Crippen MR) is 292 cm³/mol. The van der Waals surface area contributed by atoms with Crippen LogP contribution in [0.15, 0.2) is 237 Å². The van der Waals surface area contributed by atoms with Gasteiger partial charge in [0, 0.05) is 73.1 Å². The Labute approximate surface area is 403 Å². The first-order valence-corrected chi connectivity index (χ1v) is 23.8. The molecular weight excluding hydrogens is 839 g/mol. The summed E-state index contributed by atoms with van der Waals surface area (Å²) in [6, 6.07) is 70.5. The predicted octanol–water partition coefficient (Wildman–Crippen LogP) is 17.6. The molecule has 10 aromatic rings. The molecular formula is C64H49N5. The summed E-state index contributed by atoms with van der Waals surface area (Å²) in [6.45, 7) is 8.34. The van der Waals surface area contributed by atoms with Gasteiger partial charge >= 0.3 is 0 Å². The molecule has 0 aliphatic carbocycles. The van der Waals surface area contributed by atoms with Gasteiger partial charge in [-0.2, -0.15) is 0 Å². The molecule has 8 aromatic carbocycles. The monoisotopic (exact) mass is 887 g/mol. The summed E-state index contributed by atoms with van der Waals surface area (Å²) in [7, 11) is 0. The van der Waals surface area contributed by atoms with Gasteiger partial charge in [0.05, 0.1) is 45.2 Å². The van der Waals surface area contributed by atoms with Crippen LogP contribution < -0.4 is 9.80 Å². The smallest absolute Gasteiger partial charge is 0.0641 e. The van der Waals surface area contributed by atoms with E-state index in [0.717, 1.165) is 113 Å². The molecule has 0 bridgehead atoms. The van der Waals surface area contributed by atoms with E-state index in [9.17, 15) is 0 Å². The minimum absolute atomic E-state index is 0.792. The molecule has 5 heteroatoms. The molecule has 12 rings (SSSR count). The SMILES string of the molecule is C=C/C=C(\C=C/C)N1c2ccccc2-c2c(n(-c3cc(/C(C=N)=C/CC)cc(-n4c5c(c6ccccc64)-c4ccccc4N(c4ccccc4)c4ccccc4-5)c3)c3ccccc23)-c2ccccc21. The topological polar surface area (TPSA) is 40.2 Å². The Morgan fingerprint density at radius 1 is 0.522 bits per heavy atom. The second-order valence-electron chi connectivity index (χ2n) is 17.5. The summed E-state index contributed by atoms with van der Waals surface area (Å²) in [5, 5.41) is 11.2. The van der Waals surface area contributed by atoms with Gasteiger partial charge < -0.3 is 24.3 Å². The fourth-order valence-electron chi connectivity index (χ4n) is 11.0. The third-order valence-electron chi connectivity index (χ3n) is 13.6. The van der Waals surface area contributed by atoms with Crippen molar-refractivity contribution in [2.24, 2.45) is 0 Å². The van der Waals surface area contributed by atoms with Gasteiger partial charge in [-0.1, -0.05) is 159 Å². The van der Waals surface area contributed by atoms with E-state index in [-0.39, 0.29) is 0 Å². The molecule has 69 heavy (non-hydrogen) atoms. The van der Waals surface area contributed by atoms with Crippen LogP contribution in [0.5, 0.6) is 0 Å². The number of allylic oxidation sites excluding steroid dienone is 6. The summed E-state index contributed by atoms with van der Waals surface area (Å²) in [5.74, 6) is 0. The van der Waals surface area contributed by atoms with Crippen LogP contribution in [0.4, 0.5) is 28.4 Å². The Hall–Kier alpha value is -8.93. The van der Waals surface area contributed by atoms with E-state index in [4.69, 9.17) is 5.41 Å². The lowest BCUT2D eigenvalue weighted by atomic mass is 9.98. The van der Waals surface area contributed by atoms with Crippen molar-refractivity contribution < 1.29 is 0 Å². The van der Waals surface area contributed by atoms with Crippen LogP contribution in [0.25, 0.3) is 83.5 Å². The van der Waals surface area contributed by atoms with Crippen LogP contribution in [0.2, 0.25) is 0 Å². The van der Waals surface area contributed by atoms with Gasteiger partial charge in [0.2, 0.25) is 0 Å². The van der Waals surface area contributed by atoms with Crippen molar-refractivity contribution in [2.45, 2.75) is 20.3 Å². The molecule has 0 fully saturated rings. The number of hydrogen-bond acceptors (Lipinski definition) is 3. The maximum Gasteiger partial charge on any atom is 0.0641 e. The van der Waals surface area contributed by atoms with E-state index < -0.39 is 0 Å². The second-order valence-corrected chi connectivity index (χ2v) is 17.5. The Balaban J connectivity index is 1.22. The zero-order chi connectivity index (χ0) is 46.6. The molecule has 5 nitrogen and oxygen atoms in total. The van der Waals surface area contributed by atoms with Crippen molar-refractivity contribution in [1.82, 2.24) is 9.13 Å². The number of para-hydroxylation sites is 7. The third-order valence-corrected chi connectivity index (χ3v) is 13.6. The van der Waals surface area contributed by atoms with Crippen molar-refractivity contribution in [2.75, 3.05) is 9.80 Å². The summed E-state index contributed by atoms with van der Waals surface area (Å²) < 4.78 is 4.95. The van der Waals surface area contributed by atoms with Crippen LogP contribution in [-0.4, -0.2) is 15.3 Å². The molecule has 0 amide bonds. The van der Waals surface area contributed by atoms with Gasteiger partial charge in [0.15, 0.2) is 0 Å². The van der Waals surface area contributed by atoms with Crippen molar-refractivity contribution in [3.63, 3.8) is 0 Å². The molecule has 0 atom stereocenters. The number of nitrogens with zero attached hydrogens (tertiary/aromatic N) is 4. The Bertz CT molecular complexity index is 3780. The number of aromatic nitrogens is 2. The minimum atomic E-state index is 0.792. The maximum atomic E-state index is 8.87. The highest BCUT2D eigenvalue weighted by atomic mass is 15.2. The molecule has 4 heterocycles. The number of anilines is 5. The fraction of sp³-hybridized carbons (Fsp3) is 0.0469. The molecule has 0 unspecified atom stereocenters. The second kappa shape index (κ2) is 17.1. The number of rotatable bonds is 9. The first-order chi connectivity index (χ1) is 34.1. The largest absolute Gasteiger partial charge is 0.309 e. The normalized spacial score (nSPS) is 13.0. The highest BCUT2D eigenvalue weighted by Crippen LogP contribution is 2.56. The molecule has 330 valence electrons. The number of benzene rings is 8. The standard InChI is InChI=1S/C64H49N5/c1-4-22-43(42-65)44-39-47(68-57-35-18-12-29-51(57)61-49-27-10-16-33-55(49)66(45(23-5-2)24-6-3)59-37-20-14-31-53(59)63(61)68)41-48(40-44)69-58-36-19-13-30-52(58)62-50-28-11-17-34-56(50)67(46-25-8-7-9-26-46)60-38-21-15-32-54(60)64(62)69/h5-42,65H,2,4H2,1,3H3/b24-6-,43-22+,45-23+,65-42?. The molecule has 2 aliphatic rings. The first-order valence-electron chi connectivity index (χ1n) is 23.8. The fourth-order valence-corrected chi connectivity index (χ4v) is 11.0. The van der Waals surface area contributed by atoms with Crippen LogP contribution in [-0.2, 0) is 0 Å². The third kappa shape index (κ3) is 6.50. The molecule has 2 aliphatic heterocycles. The van der Waals surface area contributed by atoms with E-state index >= 15 is 0 Å². The lowest BCUT2D eigenvalue weighted by molar-refractivity contribution is 1.09. The van der Waals surface area contributed by atoms with E-state index in [2.05, 4.69) is 258 Å². The number of nitrogens with one attached hydrogen (secondary N) is 1. The zero-order valence-corrected chi connectivity index (χ0v) is 38.6. The van der Waals surface area contributed by atoms with E-state index in [1.807, 2.05) is 6.08 Å². The van der Waals surface area contributed by atoms with Gasteiger partial charge in [-0.05, 0) is 103 Å². The van der Waals surface area contributed by atoms with E-state index in [1.54, 1.807) is 0 Å². The minimum Gasteiger partial charge on any atom is -0.309 e. The Morgan fingerprint density at radius 2 is 0.986 bits per heavy atom. The molecule has 2 aromatic heterocycles. The molecule has 0 saturated heterocycles. The van der Waals surface area contributed by atoms with E-state index in [1.165, 1.54) is 22.7 Å². The van der Waals surface area contributed by atoms with Gasteiger partial charge in [-0.25, -0.2) is 0 Å². The average molecular weight is 888 g/mol. The van der Waals surface area contributed by atoms with Crippen molar-refractivity contribution in [3.05, 3.63) is 242 Å². The average Bonchev–Trinajstić information content (AvgIpc) is 3.84. The van der Waals surface area contributed by atoms with Crippen molar-refractivity contribution >= 4 is 62.0 Å². The van der Waals surface area contributed by atoms with Crippen LogP contribution in [0.3, 0.4) is 0 Å². The maximum absolute atomic E-state index is 8.87. The van der Waals surface area contributed by atoms with Gasteiger partial charge in [-0.3, -0.25) is 0 Å². The molecule has 0 spiro atoms. The van der Waals surface area contributed by atoms with Gasteiger partial charge in [0.1, 0.15) is 0 Å². The molecule has 0 saturated carbocycles. The van der Waals surface area contributed by atoms with Crippen LogP contribution in [0.1, 0.15) is 25.8 Å². The summed E-state index contributed by atoms with van der Waals surface area (Å²) in [6.07, 6.45) is 12.7. The summed E-state index contributed by atoms with van der Waals surface area (Å²) >= 11 is 0. The van der Waals surface area contributed by atoms with Crippen molar-refractivity contribution in [1.29, 1.82) is 5.41 Å². The summed E-state index contributed by atoms with van der Waals surface area (Å²) in [4.78, 5) is 4.79. The Morgan fingerprint density at radius 3 is 1.54 bits per heavy atom. The molecule has 1 N–H and O–H groups in total. The van der Waals surface area contributed by atoms with Gasteiger partial charge in [-0.15, -0.1) is 0 Å². The lowest BCUT2D eigenvalue weighted by Crippen LogP contribution is -2.16. The highest BCUT2D eigenvalue weighted by molar-refractivity contribution is 6.15. The van der Waals surface area contributed by atoms with Crippen LogP contribution >= 0.6 is 0 Å². The van der Waals surface area contributed by atoms with Crippen molar-refractivity contribution in [3.8, 4) is 56.1 Å². The zero-order valence-electron chi connectivity index (χ0n) is 38.6. The van der Waals surface area contributed by atoms with Crippen LogP contribution in [0, 0.1) is 5.41 Å². The lowest BCUT2D eigenvalue weighted by Gasteiger charge is -2.28. The summed E-state index contributed by atoms with van der Waals surface area (Å²) in [5.41, 5.74) is 21.7. The number of hydrogen-bond donors (Lipinski definition) is 1. The van der Waals surface area contributed by atoms with Gasteiger partial charge in [0.25, 0.3) is 0 Å². The highest BCUT2D eigenvalue weighted by Gasteiger charge is 2.34. The first kappa shape index (κ1) is 41.5. The molecule has 0 radical (unpaired) electrons. The number of fused-ring (bicyclic) bond motifs is 14.